The molecular formula is C19H27ClN2O3. The van der Waals surface area contributed by atoms with E-state index in [4.69, 9.17) is 21.1 Å². The van der Waals surface area contributed by atoms with E-state index in [9.17, 15) is 4.79 Å². The fourth-order valence-electron chi connectivity index (χ4n) is 3.99. The molecule has 1 saturated heterocycles. The van der Waals surface area contributed by atoms with E-state index in [1.54, 1.807) is 7.11 Å². The third-order valence-electron chi connectivity index (χ3n) is 5.22. The number of hydrogen-bond acceptors (Lipinski definition) is 4. The highest BCUT2D eigenvalue weighted by atomic mass is 35.5. The Bertz CT molecular complexity index is 609. The SMILES string of the molecule is CCOc1c(Cl)cc(CNC(=O)C2CC3CCCCC3N2)cc1OC. The molecule has 6 heteroatoms. The molecule has 1 saturated carbocycles. The van der Waals surface area contributed by atoms with Gasteiger partial charge in [-0.1, -0.05) is 24.4 Å². The van der Waals surface area contributed by atoms with Crippen molar-refractivity contribution < 1.29 is 14.3 Å². The molecule has 1 aliphatic carbocycles. The summed E-state index contributed by atoms with van der Waals surface area (Å²) in [5.41, 5.74) is 0.897. The highest BCUT2D eigenvalue weighted by Crippen LogP contribution is 2.36. The zero-order valence-electron chi connectivity index (χ0n) is 14.9. The van der Waals surface area contributed by atoms with Gasteiger partial charge in [0, 0.05) is 12.6 Å². The van der Waals surface area contributed by atoms with Crippen LogP contribution in [0.5, 0.6) is 11.5 Å². The maximum absolute atomic E-state index is 12.5. The second-order valence-electron chi connectivity index (χ2n) is 6.87. The molecule has 1 aromatic carbocycles. The first-order valence-corrected chi connectivity index (χ1v) is 9.53. The first-order valence-electron chi connectivity index (χ1n) is 9.15. The van der Waals surface area contributed by atoms with Crippen LogP contribution >= 0.6 is 11.6 Å². The predicted molar refractivity (Wildman–Crippen MR) is 98.3 cm³/mol. The first kappa shape index (κ1) is 18.3. The summed E-state index contributed by atoms with van der Waals surface area (Å²) in [6.07, 6.45) is 5.95. The maximum atomic E-state index is 12.5. The third-order valence-corrected chi connectivity index (χ3v) is 5.50. The van der Waals surface area contributed by atoms with E-state index < -0.39 is 0 Å². The molecule has 138 valence electrons. The van der Waals surface area contributed by atoms with Crippen LogP contribution in [0, 0.1) is 5.92 Å². The van der Waals surface area contributed by atoms with Gasteiger partial charge in [0.25, 0.3) is 0 Å². The molecule has 3 atom stereocenters. The smallest absolute Gasteiger partial charge is 0.237 e. The summed E-state index contributed by atoms with van der Waals surface area (Å²) in [5, 5.41) is 7.03. The molecule has 5 nitrogen and oxygen atoms in total. The second-order valence-corrected chi connectivity index (χ2v) is 7.27. The van der Waals surface area contributed by atoms with Crippen molar-refractivity contribution in [1.29, 1.82) is 0 Å². The van der Waals surface area contributed by atoms with Gasteiger partial charge in [0.1, 0.15) is 0 Å². The monoisotopic (exact) mass is 366 g/mol. The normalized spacial score (nSPS) is 25.3. The van der Waals surface area contributed by atoms with Crippen molar-refractivity contribution in [2.24, 2.45) is 5.92 Å². The van der Waals surface area contributed by atoms with E-state index in [-0.39, 0.29) is 11.9 Å². The lowest BCUT2D eigenvalue weighted by atomic mass is 9.85. The molecule has 0 aromatic heterocycles. The average Bonchev–Trinajstić information content (AvgIpc) is 3.05. The summed E-state index contributed by atoms with van der Waals surface area (Å²) < 4.78 is 10.9. The Morgan fingerprint density at radius 3 is 2.88 bits per heavy atom. The number of amides is 1. The lowest BCUT2D eigenvalue weighted by Crippen LogP contribution is -2.42. The molecule has 3 unspecified atom stereocenters. The Morgan fingerprint density at radius 1 is 1.36 bits per heavy atom. The van der Waals surface area contributed by atoms with Crippen LogP contribution in [0.3, 0.4) is 0 Å². The second kappa shape index (κ2) is 8.28. The van der Waals surface area contributed by atoms with Gasteiger partial charge in [-0.15, -0.1) is 0 Å². The molecular weight excluding hydrogens is 340 g/mol. The number of halogens is 1. The molecule has 0 bridgehead atoms. The number of benzene rings is 1. The van der Waals surface area contributed by atoms with E-state index in [0.29, 0.717) is 41.6 Å². The Kier molecular flexibility index (Phi) is 6.07. The largest absolute Gasteiger partial charge is 0.493 e. The maximum Gasteiger partial charge on any atom is 0.237 e. The summed E-state index contributed by atoms with van der Waals surface area (Å²) >= 11 is 6.29. The predicted octanol–water partition coefficient (Wildman–Crippen LogP) is 3.28. The summed E-state index contributed by atoms with van der Waals surface area (Å²) in [4.78, 5) is 12.5. The van der Waals surface area contributed by atoms with Crippen molar-refractivity contribution in [2.75, 3.05) is 13.7 Å². The van der Waals surface area contributed by atoms with Crippen LogP contribution in [-0.2, 0) is 11.3 Å². The van der Waals surface area contributed by atoms with Crippen molar-refractivity contribution in [2.45, 2.75) is 57.7 Å². The van der Waals surface area contributed by atoms with Crippen LogP contribution < -0.4 is 20.1 Å². The fourth-order valence-corrected chi connectivity index (χ4v) is 4.28. The third kappa shape index (κ3) is 4.21. The average molecular weight is 367 g/mol. The van der Waals surface area contributed by atoms with Gasteiger partial charge in [-0.3, -0.25) is 4.79 Å². The Labute approximate surface area is 154 Å². The summed E-state index contributed by atoms with van der Waals surface area (Å²) in [6.45, 7) is 2.84. The van der Waals surface area contributed by atoms with Gasteiger partial charge >= 0.3 is 0 Å². The van der Waals surface area contributed by atoms with Gasteiger partial charge in [0.05, 0.1) is 24.8 Å². The molecule has 25 heavy (non-hydrogen) atoms. The van der Waals surface area contributed by atoms with E-state index in [0.717, 1.165) is 12.0 Å². The zero-order chi connectivity index (χ0) is 17.8. The topological polar surface area (TPSA) is 59.6 Å². The number of hydrogen-bond donors (Lipinski definition) is 2. The van der Waals surface area contributed by atoms with Crippen LogP contribution in [0.15, 0.2) is 12.1 Å². The molecule has 3 rings (SSSR count). The van der Waals surface area contributed by atoms with Crippen LogP contribution in [0.1, 0.15) is 44.6 Å². The molecule has 1 amide bonds. The Hall–Kier alpha value is -1.46. The standard InChI is InChI=1S/C19H27ClN2O3/c1-3-25-18-14(20)8-12(9-17(18)24-2)11-21-19(23)16-10-13-6-4-5-7-15(13)22-16/h8-9,13,15-16,22H,3-7,10-11H2,1-2H3,(H,21,23). The highest BCUT2D eigenvalue weighted by Gasteiger charge is 2.38. The molecule has 2 aliphatic rings. The molecule has 0 radical (unpaired) electrons. The number of carbonyl (C=O) groups is 1. The lowest BCUT2D eigenvalue weighted by molar-refractivity contribution is -0.123. The highest BCUT2D eigenvalue weighted by molar-refractivity contribution is 6.32. The fraction of sp³-hybridized carbons (Fsp3) is 0.632. The van der Waals surface area contributed by atoms with E-state index >= 15 is 0 Å². The van der Waals surface area contributed by atoms with Crippen LogP contribution in [0.4, 0.5) is 0 Å². The number of nitrogens with one attached hydrogen (secondary N) is 2. The number of ether oxygens (including phenoxy) is 2. The quantitative estimate of drug-likeness (QED) is 0.811. The molecule has 1 heterocycles. The molecule has 2 fully saturated rings. The van der Waals surface area contributed by atoms with Gasteiger partial charge in [-0.25, -0.2) is 0 Å². The number of methoxy groups -OCH3 is 1. The van der Waals surface area contributed by atoms with Gasteiger partial charge in [0.2, 0.25) is 5.91 Å². The van der Waals surface area contributed by atoms with Crippen molar-refractivity contribution >= 4 is 17.5 Å². The molecule has 1 aromatic rings. The van der Waals surface area contributed by atoms with Crippen LogP contribution in [-0.4, -0.2) is 31.7 Å². The van der Waals surface area contributed by atoms with E-state index in [1.165, 1.54) is 25.7 Å². The summed E-state index contributed by atoms with van der Waals surface area (Å²) in [6, 6.07) is 4.12. The number of rotatable bonds is 6. The van der Waals surface area contributed by atoms with Crippen LogP contribution in [0.2, 0.25) is 5.02 Å². The first-order chi connectivity index (χ1) is 12.1. The van der Waals surface area contributed by atoms with Gasteiger partial charge in [-0.05, 0) is 49.8 Å². The zero-order valence-corrected chi connectivity index (χ0v) is 15.7. The Balaban J connectivity index is 1.59. The van der Waals surface area contributed by atoms with Gasteiger partial charge in [0.15, 0.2) is 11.5 Å². The molecule has 2 N–H and O–H groups in total. The van der Waals surface area contributed by atoms with Gasteiger partial charge < -0.3 is 20.1 Å². The number of carbonyl (C=O) groups excluding carboxylic acids is 1. The van der Waals surface area contributed by atoms with E-state index in [2.05, 4.69) is 10.6 Å². The van der Waals surface area contributed by atoms with Crippen molar-refractivity contribution in [1.82, 2.24) is 10.6 Å². The van der Waals surface area contributed by atoms with Crippen molar-refractivity contribution in [3.05, 3.63) is 22.7 Å². The van der Waals surface area contributed by atoms with Gasteiger partial charge in [-0.2, -0.15) is 0 Å². The minimum Gasteiger partial charge on any atom is -0.493 e. The van der Waals surface area contributed by atoms with E-state index in [1.807, 2.05) is 19.1 Å². The van der Waals surface area contributed by atoms with Crippen molar-refractivity contribution in [3.63, 3.8) is 0 Å². The molecule has 0 spiro atoms. The summed E-state index contributed by atoms with van der Waals surface area (Å²) in [7, 11) is 1.58. The minimum absolute atomic E-state index is 0.0679. The molecule has 1 aliphatic heterocycles. The number of fused-ring (bicyclic) bond motifs is 1. The lowest BCUT2D eigenvalue weighted by Gasteiger charge is -2.24. The van der Waals surface area contributed by atoms with Crippen LogP contribution in [0.25, 0.3) is 0 Å². The minimum atomic E-state index is -0.0758. The summed E-state index contributed by atoms with van der Waals surface area (Å²) in [5.74, 6) is 1.86. The van der Waals surface area contributed by atoms with Crippen molar-refractivity contribution in [3.8, 4) is 11.5 Å². The Morgan fingerprint density at radius 2 is 2.16 bits per heavy atom.